The third-order valence-electron chi connectivity index (χ3n) is 4.25. The first-order chi connectivity index (χ1) is 14.1. The second-order valence-corrected chi connectivity index (χ2v) is 7.90. The first-order valence-electron chi connectivity index (χ1n) is 9.36. The number of nitrogens with zero attached hydrogens (tertiary/aromatic N) is 1. The second-order valence-electron chi connectivity index (χ2n) is 6.22. The van der Waals surface area contributed by atoms with Gasteiger partial charge >= 0.3 is 0 Å². The van der Waals surface area contributed by atoms with E-state index in [0.29, 0.717) is 29.0 Å². The quantitative estimate of drug-likeness (QED) is 0.325. The lowest BCUT2D eigenvalue weighted by Crippen LogP contribution is -2.27. The highest BCUT2D eigenvalue weighted by Gasteiger charge is 2.30. The molecule has 0 radical (unpaired) electrons. The van der Waals surface area contributed by atoms with Crippen molar-refractivity contribution in [2.75, 3.05) is 26.9 Å². The van der Waals surface area contributed by atoms with E-state index in [-0.39, 0.29) is 5.91 Å². The molecule has 2 aromatic rings. The minimum absolute atomic E-state index is 0.0281. The molecule has 0 saturated carbocycles. The Balaban J connectivity index is 1.43. The van der Waals surface area contributed by atoms with Crippen LogP contribution in [0.2, 0.25) is 0 Å². The molecule has 0 bridgehead atoms. The highest BCUT2D eigenvalue weighted by molar-refractivity contribution is 8.26. The van der Waals surface area contributed by atoms with Gasteiger partial charge in [0.05, 0.1) is 25.2 Å². The predicted octanol–water partition coefficient (Wildman–Crippen LogP) is 4.76. The molecule has 1 aliphatic rings. The van der Waals surface area contributed by atoms with Gasteiger partial charge < -0.3 is 14.2 Å². The number of hydrogen-bond donors (Lipinski definition) is 0. The molecule has 152 valence electrons. The van der Waals surface area contributed by atoms with Crippen LogP contribution in [-0.2, 0) is 4.79 Å². The van der Waals surface area contributed by atoms with E-state index in [9.17, 15) is 4.79 Å². The Morgan fingerprint density at radius 1 is 0.966 bits per heavy atom. The zero-order valence-corrected chi connectivity index (χ0v) is 18.1. The minimum Gasteiger partial charge on any atom is -0.497 e. The lowest BCUT2D eigenvalue weighted by molar-refractivity contribution is -0.121. The maximum Gasteiger partial charge on any atom is 0.266 e. The van der Waals surface area contributed by atoms with Crippen molar-refractivity contribution in [1.29, 1.82) is 0 Å². The molecule has 0 aromatic heterocycles. The molecule has 0 spiro atoms. The highest BCUT2D eigenvalue weighted by Crippen LogP contribution is 2.32. The van der Waals surface area contributed by atoms with E-state index in [4.69, 9.17) is 26.4 Å². The van der Waals surface area contributed by atoms with Crippen molar-refractivity contribution >= 4 is 40.3 Å². The van der Waals surface area contributed by atoms with Gasteiger partial charge in [-0.05, 0) is 55.0 Å². The Bertz CT molecular complexity index is 879. The number of methoxy groups -OCH3 is 1. The highest BCUT2D eigenvalue weighted by atomic mass is 32.2. The zero-order chi connectivity index (χ0) is 20.6. The maximum atomic E-state index is 12.3. The molecular formula is C22H23NO4S2. The van der Waals surface area contributed by atoms with E-state index in [1.807, 2.05) is 61.5 Å². The molecule has 1 heterocycles. The summed E-state index contributed by atoms with van der Waals surface area (Å²) in [6.07, 6.45) is 2.63. The third kappa shape index (κ3) is 5.74. The molecule has 1 saturated heterocycles. The molecule has 0 aliphatic carbocycles. The number of carbonyl (C=O) groups excluding carboxylic acids is 1. The van der Waals surface area contributed by atoms with Crippen molar-refractivity contribution < 1.29 is 19.0 Å². The van der Waals surface area contributed by atoms with Gasteiger partial charge in [0.2, 0.25) is 0 Å². The van der Waals surface area contributed by atoms with Crippen LogP contribution in [0.25, 0.3) is 6.08 Å². The minimum atomic E-state index is -0.0281. The Kier molecular flexibility index (Phi) is 7.55. The Labute approximate surface area is 180 Å². The zero-order valence-electron chi connectivity index (χ0n) is 16.4. The van der Waals surface area contributed by atoms with Crippen LogP contribution in [0.5, 0.6) is 17.2 Å². The normalized spacial score (nSPS) is 15.1. The number of carbonyl (C=O) groups is 1. The Morgan fingerprint density at radius 3 is 2.03 bits per heavy atom. The number of benzene rings is 2. The van der Waals surface area contributed by atoms with E-state index < -0.39 is 0 Å². The number of likely N-dealkylation sites (N-methyl/N-ethyl adjacent to an activating group) is 1. The molecule has 1 aliphatic heterocycles. The molecule has 1 fully saturated rings. The SMILES string of the molecule is CCN1C(=O)/C(=C/c2ccc(OCCCOc3ccc(OC)cc3)cc2)SC1=S. The van der Waals surface area contributed by atoms with Gasteiger partial charge in [-0.3, -0.25) is 9.69 Å². The van der Waals surface area contributed by atoms with Crippen LogP contribution < -0.4 is 14.2 Å². The summed E-state index contributed by atoms with van der Waals surface area (Å²) in [7, 11) is 1.64. The van der Waals surface area contributed by atoms with Crippen molar-refractivity contribution in [2.24, 2.45) is 0 Å². The second kappa shape index (κ2) is 10.3. The first-order valence-corrected chi connectivity index (χ1v) is 10.6. The van der Waals surface area contributed by atoms with Crippen LogP contribution in [0.3, 0.4) is 0 Å². The van der Waals surface area contributed by atoms with Crippen LogP contribution in [0.15, 0.2) is 53.4 Å². The smallest absolute Gasteiger partial charge is 0.266 e. The van der Waals surface area contributed by atoms with Crippen LogP contribution >= 0.6 is 24.0 Å². The van der Waals surface area contributed by atoms with Gasteiger partial charge in [0.25, 0.3) is 5.91 Å². The summed E-state index contributed by atoms with van der Waals surface area (Å²) in [5.74, 6) is 2.37. The summed E-state index contributed by atoms with van der Waals surface area (Å²) in [6.45, 7) is 3.65. The average Bonchev–Trinajstić information content (AvgIpc) is 3.01. The summed E-state index contributed by atoms with van der Waals surface area (Å²) in [5, 5.41) is 0. The molecule has 0 unspecified atom stereocenters. The molecule has 29 heavy (non-hydrogen) atoms. The van der Waals surface area contributed by atoms with E-state index in [1.54, 1.807) is 12.0 Å². The van der Waals surface area contributed by atoms with Gasteiger partial charge in [0.15, 0.2) is 0 Å². The fourth-order valence-corrected chi connectivity index (χ4v) is 4.08. The summed E-state index contributed by atoms with van der Waals surface area (Å²) in [5.41, 5.74) is 0.941. The number of ether oxygens (including phenoxy) is 3. The summed E-state index contributed by atoms with van der Waals surface area (Å²) in [4.78, 5) is 14.5. The average molecular weight is 430 g/mol. The van der Waals surface area contributed by atoms with Crippen LogP contribution in [0.1, 0.15) is 18.9 Å². The first kappa shape index (κ1) is 21.2. The lowest BCUT2D eigenvalue weighted by Gasteiger charge is -2.09. The van der Waals surface area contributed by atoms with Crippen molar-refractivity contribution in [3.8, 4) is 17.2 Å². The number of amides is 1. The van der Waals surface area contributed by atoms with Crippen molar-refractivity contribution in [1.82, 2.24) is 4.90 Å². The maximum absolute atomic E-state index is 12.3. The lowest BCUT2D eigenvalue weighted by atomic mass is 10.2. The third-order valence-corrected chi connectivity index (χ3v) is 5.63. The monoisotopic (exact) mass is 429 g/mol. The van der Waals surface area contributed by atoms with Gasteiger partial charge in [-0.25, -0.2) is 0 Å². The Morgan fingerprint density at radius 2 is 1.52 bits per heavy atom. The standard InChI is InChI=1S/C22H23NO4S2/c1-3-23-21(24)20(29-22(23)28)15-16-5-7-18(8-6-16)26-13-4-14-27-19-11-9-17(25-2)10-12-19/h5-12,15H,3-4,13-14H2,1-2H3/b20-15-. The topological polar surface area (TPSA) is 48.0 Å². The van der Waals surface area contributed by atoms with Crippen LogP contribution in [0, 0.1) is 0 Å². The Hall–Kier alpha value is -2.51. The molecule has 2 aromatic carbocycles. The molecule has 0 atom stereocenters. The van der Waals surface area contributed by atoms with Crippen LogP contribution in [-0.4, -0.2) is 42.0 Å². The van der Waals surface area contributed by atoms with Crippen molar-refractivity contribution in [2.45, 2.75) is 13.3 Å². The fraction of sp³-hybridized carbons (Fsp3) is 0.273. The van der Waals surface area contributed by atoms with E-state index in [1.165, 1.54) is 11.8 Å². The molecular weight excluding hydrogens is 406 g/mol. The van der Waals surface area contributed by atoms with Crippen molar-refractivity contribution in [3.63, 3.8) is 0 Å². The largest absolute Gasteiger partial charge is 0.497 e. The molecule has 1 amide bonds. The number of thiocarbonyl (C=S) groups is 1. The summed E-state index contributed by atoms with van der Waals surface area (Å²) >= 11 is 6.58. The van der Waals surface area contributed by atoms with Gasteiger partial charge in [-0.1, -0.05) is 36.1 Å². The molecule has 3 rings (SSSR count). The fourth-order valence-electron chi connectivity index (χ4n) is 2.70. The summed E-state index contributed by atoms with van der Waals surface area (Å²) in [6, 6.07) is 15.2. The van der Waals surface area contributed by atoms with E-state index >= 15 is 0 Å². The molecule has 7 heteroatoms. The van der Waals surface area contributed by atoms with Crippen LogP contribution in [0.4, 0.5) is 0 Å². The van der Waals surface area contributed by atoms with E-state index in [2.05, 4.69) is 0 Å². The van der Waals surface area contributed by atoms with Gasteiger partial charge in [-0.15, -0.1) is 0 Å². The predicted molar refractivity (Wildman–Crippen MR) is 121 cm³/mol. The molecule has 5 nitrogen and oxygen atoms in total. The molecule has 0 N–H and O–H groups in total. The number of thioether (sulfide) groups is 1. The van der Waals surface area contributed by atoms with Gasteiger partial charge in [-0.2, -0.15) is 0 Å². The van der Waals surface area contributed by atoms with E-state index in [0.717, 1.165) is 29.2 Å². The number of hydrogen-bond acceptors (Lipinski definition) is 6. The number of rotatable bonds is 9. The van der Waals surface area contributed by atoms with Gasteiger partial charge in [0.1, 0.15) is 21.6 Å². The van der Waals surface area contributed by atoms with Crippen molar-refractivity contribution in [3.05, 3.63) is 59.0 Å². The van der Waals surface area contributed by atoms with Gasteiger partial charge in [0, 0.05) is 13.0 Å². The summed E-state index contributed by atoms with van der Waals surface area (Å²) < 4.78 is 17.2.